The highest BCUT2D eigenvalue weighted by Gasteiger charge is 2.14. The van der Waals surface area contributed by atoms with Crippen LogP contribution >= 0.6 is 11.6 Å². The SMILES string of the molecule is Cc1nc(S(N)(=O)=O)ccc1Nc1ncc(Cl)c(-c2cccc(-c3ccccc3)c2)n1. The number of pyridine rings is 1. The van der Waals surface area contributed by atoms with Crippen molar-refractivity contribution in [2.75, 3.05) is 5.32 Å². The van der Waals surface area contributed by atoms with E-state index >= 15 is 0 Å². The second-order valence-electron chi connectivity index (χ2n) is 6.79. The third-order valence-corrected chi connectivity index (χ3v) is 5.67. The summed E-state index contributed by atoms with van der Waals surface area (Å²) in [6.45, 7) is 1.66. The van der Waals surface area contributed by atoms with Crippen LogP contribution in [0.4, 0.5) is 11.6 Å². The Hall–Kier alpha value is -3.33. The van der Waals surface area contributed by atoms with E-state index in [0.717, 1.165) is 16.7 Å². The Balaban J connectivity index is 1.67. The molecule has 156 valence electrons. The summed E-state index contributed by atoms with van der Waals surface area (Å²) in [5.41, 5.74) is 4.54. The highest BCUT2D eigenvalue weighted by molar-refractivity contribution is 7.89. The van der Waals surface area contributed by atoms with E-state index in [9.17, 15) is 8.42 Å². The van der Waals surface area contributed by atoms with Crippen LogP contribution in [0.1, 0.15) is 5.69 Å². The molecule has 2 aromatic heterocycles. The Morgan fingerprint density at radius 1 is 0.903 bits per heavy atom. The monoisotopic (exact) mass is 451 g/mol. The summed E-state index contributed by atoms with van der Waals surface area (Å²) < 4.78 is 23.0. The van der Waals surface area contributed by atoms with Crippen molar-refractivity contribution in [3.8, 4) is 22.4 Å². The van der Waals surface area contributed by atoms with Gasteiger partial charge in [0.05, 0.1) is 28.3 Å². The van der Waals surface area contributed by atoms with E-state index in [2.05, 4.69) is 20.3 Å². The lowest BCUT2D eigenvalue weighted by Crippen LogP contribution is -2.14. The predicted octanol–water partition coefficient (Wildman–Crippen LogP) is 4.56. The Morgan fingerprint density at radius 3 is 2.32 bits per heavy atom. The van der Waals surface area contributed by atoms with E-state index in [1.165, 1.54) is 12.3 Å². The van der Waals surface area contributed by atoms with Crippen LogP contribution in [0.2, 0.25) is 5.02 Å². The minimum Gasteiger partial charge on any atom is -0.323 e. The second kappa shape index (κ2) is 8.43. The molecule has 0 amide bonds. The molecule has 3 N–H and O–H groups in total. The van der Waals surface area contributed by atoms with E-state index in [-0.39, 0.29) is 5.03 Å². The Kier molecular flexibility index (Phi) is 5.69. The predicted molar refractivity (Wildman–Crippen MR) is 122 cm³/mol. The van der Waals surface area contributed by atoms with Crippen LogP contribution in [0, 0.1) is 6.92 Å². The average Bonchev–Trinajstić information content (AvgIpc) is 2.76. The fourth-order valence-corrected chi connectivity index (χ4v) is 3.78. The first kappa shape index (κ1) is 20.9. The molecule has 9 heteroatoms. The molecule has 2 heterocycles. The first-order valence-electron chi connectivity index (χ1n) is 9.27. The third-order valence-electron chi connectivity index (χ3n) is 4.59. The number of sulfonamides is 1. The minimum absolute atomic E-state index is 0.203. The molecule has 7 nitrogen and oxygen atoms in total. The van der Waals surface area contributed by atoms with Crippen LogP contribution in [-0.4, -0.2) is 23.4 Å². The fraction of sp³-hybridized carbons (Fsp3) is 0.0455. The molecule has 0 aliphatic rings. The zero-order valence-electron chi connectivity index (χ0n) is 16.4. The van der Waals surface area contributed by atoms with Gasteiger partial charge in [-0.05, 0) is 36.2 Å². The van der Waals surface area contributed by atoms with Crippen molar-refractivity contribution in [3.63, 3.8) is 0 Å². The molecular weight excluding hydrogens is 434 g/mol. The molecule has 0 aliphatic carbocycles. The van der Waals surface area contributed by atoms with Gasteiger partial charge >= 0.3 is 0 Å². The largest absolute Gasteiger partial charge is 0.323 e. The number of aromatic nitrogens is 3. The van der Waals surface area contributed by atoms with Crippen LogP contribution in [0.3, 0.4) is 0 Å². The van der Waals surface area contributed by atoms with E-state index in [0.29, 0.717) is 28.0 Å². The van der Waals surface area contributed by atoms with Gasteiger partial charge in [0.15, 0.2) is 5.03 Å². The van der Waals surface area contributed by atoms with Gasteiger partial charge in [-0.2, -0.15) is 0 Å². The highest BCUT2D eigenvalue weighted by atomic mass is 35.5. The van der Waals surface area contributed by atoms with Gasteiger partial charge in [0.2, 0.25) is 5.95 Å². The number of hydrogen-bond donors (Lipinski definition) is 2. The van der Waals surface area contributed by atoms with Gasteiger partial charge < -0.3 is 5.32 Å². The molecular formula is C22H18ClN5O2S. The number of hydrogen-bond acceptors (Lipinski definition) is 6. The van der Waals surface area contributed by atoms with Gasteiger partial charge in [-0.15, -0.1) is 0 Å². The zero-order valence-corrected chi connectivity index (χ0v) is 18.0. The number of nitrogens with two attached hydrogens (primary N) is 1. The number of aryl methyl sites for hydroxylation is 1. The summed E-state index contributed by atoms with van der Waals surface area (Å²) in [6, 6.07) is 20.8. The Bertz CT molecular complexity index is 1360. The summed E-state index contributed by atoms with van der Waals surface area (Å²) in [4.78, 5) is 12.8. The number of nitrogens with one attached hydrogen (secondary N) is 1. The highest BCUT2D eigenvalue weighted by Crippen LogP contribution is 2.30. The fourth-order valence-electron chi connectivity index (χ4n) is 3.06. The van der Waals surface area contributed by atoms with Gasteiger partial charge in [0.25, 0.3) is 10.0 Å². The maximum atomic E-state index is 11.5. The van der Waals surface area contributed by atoms with Crippen molar-refractivity contribution in [2.45, 2.75) is 11.9 Å². The molecule has 0 spiro atoms. The van der Waals surface area contributed by atoms with Crippen molar-refractivity contribution in [1.82, 2.24) is 15.0 Å². The summed E-state index contributed by atoms with van der Waals surface area (Å²) >= 11 is 6.39. The number of halogens is 1. The third kappa shape index (κ3) is 4.72. The lowest BCUT2D eigenvalue weighted by Gasteiger charge is -2.11. The quantitative estimate of drug-likeness (QED) is 0.460. The number of nitrogens with zero attached hydrogens (tertiary/aromatic N) is 3. The maximum absolute atomic E-state index is 11.5. The second-order valence-corrected chi connectivity index (χ2v) is 8.70. The summed E-state index contributed by atoms with van der Waals surface area (Å²) in [6.07, 6.45) is 1.52. The van der Waals surface area contributed by atoms with Crippen molar-refractivity contribution in [2.24, 2.45) is 5.14 Å². The van der Waals surface area contributed by atoms with Gasteiger partial charge in [-0.3, -0.25) is 0 Å². The molecule has 4 rings (SSSR count). The van der Waals surface area contributed by atoms with E-state index < -0.39 is 10.0 Å². The number of benzene rings is 2. The number of anilines is 2. The van der Waals surface area contributed by atoms with Crippen LogP contribution < -0.4 is 10.5 Å². The standard InChI is InChI=1S/C22H18ClN5O2S/c1-14-19(10-11-20(26-14)31(24,29)30)27-22-25-13-18(23)21(28-22)17-9-5-8-16(12-17)15-6-3-2-4-7-15/h2-13H,1H3,(H2,24,29,30)(H,25,27,28). The van der Waals surface area contributed by atoms with Crippen LogP contribution in [-0.2, 0) is 10.0 Å². The number of rotatable bonds is 5. The molecule has 0 saturated carbocycles. The average molecular weight is 452 g/mol. The first-order valence-corrected chi connectivity index (χ1v) is 11.2. The number of primary sulfonamides is 1. The topological polar surface area (TPSA) is 111 Å². The Labute approximate surface area is 185 Å². The molecule has 4 aromatic rings. The van der Waals surface area contributed by atoms with Gasteiger partial charge in [0.1, 0.15) is 0 Å². The van der Waals surface area contributed by atoms with E-state index in [1.807, 2.05) is 54.6 Å². The van der Waals surface area contributed by atoms with Gasteiger partial charge in [0, 0.05) is 5.56 Å². The molecule has 2 aromatic carbocycles. The Morgan fingerprint density at radius 2 is 1.61 bits per heavy atom. The van der Waals surface area contributed by atoms with Crippen molar-refractivity contribution >= 4 is 33.3 Å². The van der Waals surface area contributed by atoms with E-state index in [4.69, 9.17) is 16.7 Å². The lowest BCUT2D eigenvalue weighted by atomic mass is 10.0. The van der Waals surface area contributed by atoms with Crippen LogP contribution in [0.5, 0.6) is 0 Å². The van der Waals surface area contributed by atoms with E-state index in [1.54, 1.807) is 13.0 Å². The minimum atomic E-state index is -3.88. The lowest BCUT2D eigenvalue weighted by molar-refractivity contribution is 0.593. The molecule has 0 atom stereocenters. The molecule has 0 bridgehead atoms. The molecule has 0 unspecified atom stereocenters. The first-order chi connectivity index (χ1) is 14.8. The molecule has 0 saturated heterocycles. The maximum Gasteiger partial charge on any atom is 0.255 e. The van der Waals surface area contributed by atoms with Crippen molar-refractivity contribution in [3.05, 3.63) is 83.6 Å². The van der Waals surface area contributed by atoms with Crippen LogP contribution in [0.15, 0.2) is 78.0 Å². The van der Waals surface area contributed by atoms with Gasteiger partial charge in [-0.1, -0.05) is 60.1 Å². The molecule has 0 fully saturated rings. The molecule has 31 heavy (non-hydrogen) atoms. The molecule has 0 aliphatic heterocycles. The summed E-state index contributed by atoms with van der Waals surface area (Å²) in [5, 5.41) is 8.40. The zero-order chi connectivity index (χ0) is 22.0. The molecule has 0 radical (unpaired) electrons. The summed E-state index contributed by atoms with van der Waals surface area (Å²) in [7, 11) is -3.88. The normalized spacial score (nSPS) is 11.3. The summed E-state index contributed by atoms with van der Waals surface area (Å²) in [5.74, 6) is 0.303. The van der Waals surface area contributed by atoms with Gasteiger partial charge in [-0.25, -0.2) is 28.5 Å². The van der Waals surface area contributed by atoms with Crippen molar-refractivity contribution in [1.29, 1.82) is 0 Å². The van der Waals surface area contributed by atoms with Crippen LogP contribution in [0.25, 0.3) is 22.4 Å². The smallest absolute Gasteiger partial charge is 0.255 e. The van der Waals surface area contributed by atoms with Crippen molar-refractivity contribution < 1.29 is 8.42 Å².